The number of carbonyl (C=O) groups is 1. The highest BCUT2D eigenvalue weighted by Gasteiger charge is 2.25. The second kappa shape index (κ2) is 5.87. The molecule has 1 N–H and O–H groups in total. The Labute approximate surface area is 101 Å². The summed E-state index contributed by atoms with van der Waals surface area (Å²) in [7, 11) is 0. The molecular formula is C13H19NO3. The van der Waals surface area contributed by atoms with Crippen molar-refractivity contribution in [1.82, 2.24) is 5.32 Å². The first kappa shape index (κ1) is 12.2. The molecule has 1 aromatic rings. The largest absolute Gasteiger partial charge is 0.467 e. The fourth-order valence-corrected chi connectivity index (χ4v) is 2.18. The highest BCUT2D eigenvalue weighted by atomic mass is 16.5. The van der Waals surface area contributed by atoms with Crippen LogP contribution in [-0.4, -0.2) is 19.1 Å². The Bertz CT molecular complexity index is 342. The van der Waals surface area contributed by atoms with Crippen LogP contribution in [0.15, 0.2) is 22.8 Å². The van der Waals surface area contributed by atoms with Crippen LogP contribution in [0.5, 0.6) is 0 Å². The van der Waals surface area contributed by atoms with Gasteiger partial charge in [0.1, 0.15) is 5.76 Å². The van der Waals surface area contributed by atoms with E-state index in [1.54, 1.807) is 6.26 Å². The van der Waals surface area contributed by atoms with Gasteiger partial charge in [0, 0.05) is 19.1 Å². The molecule has 4 heteroatoms. The van der Waals surface area contributed by atoms with E-state index in [0.717, 1.165) is 31.8 Å². The van der Waals surface area contributed by atoms with Gasteiger partial charge in [-0.15, -0.1) is 0 Å². The van der Waals surface area contributed by atoms with Gasteiger partial charge in [0.2, 0.25) is 5.91 Å². The van der Waals surface area contributed by atoms with Gasteiger partial charge in [-0.25, -0.2) is 0 Å². The molecule has 1 aliphatic heterocycles. The summed E-state index contributed by atoms with van der Waals surface area (Å²) in [5.41, 5.74) is 0. The number of amides is 1. The minimum Gasteiger partial charge on any atom is -0.467 e. The molecule has 1 aliphatic rings. The third kappa shape index (κ3) is 3.33. The van der Waals surface area contributed by atoms with E-state index >= 15 is 0 Å². The number of nitrogens with one attached hydrogen (secondary N) is 1. The number of ether oxygens (including phenoxy) is 1. The predicted molar refractivity (Wildman–Crippen MR) is 63.3 cm³/mol. The maximum Gasteiger partial charge on any atom is 0.223 e. The lowest BCUT2D eigenvalue weighted by Crippen LogP contribution is -2.35. The topological polar surface area (TPSA) is 51.5 Å². The number of hydrogen-bond acceptors (Lipinski definition) is 3. The Morgan fingerprint density at radius 1 is 1.53 bits per heavy atom. The molecule has 0 aliphatic carbocycles. The van der Waals surface area contributed by atoms with Gasteiger partial charge < -0.3 is 14.5 Å². The van der Waals surface area contributed by atoms with Crippen LogP contribution in [0.2, 0.25) is 0 Å². The fraction of sp³-hybridized carbons (Fsp3) is 0.615. The van der Waals surface area contributed by atoms with Crippen LogP contribution >= 0.6 is 0 Å². The molecule has 2 heterocycles. The smallest absolute Gasteiger partial charge is 0.223 e. The van der Waals surface area contributed by atoms with Crippen molar-refractivity contribution in [3.63, 3.8) is 0 Å². The van der Waals surface area contributed by atoms with Crippen molar-refractivity contribution in [2.45, 2.75) is 26.3 Å². The molecule has 1 unspecified atom stereocenters. The van der Waals surface area contributed by atoms with Crippen molar-refractivity contribution in [2.75, 3.05) is 13.2 Å². The van der Waals surface area contributed by atoms with Crippen molar-refractivity contribution in [3.8, 4) is 0 Å². The molecule has 1 atom stereocenters. The molecule has 4 nitrogen and oxygen atoms in total. The molecule has 0 saturated carbocycles. The SMILES string of the molecule is CC(C(=O)NCc1ccco1)C1CCOCC1. The lowest BCUT2D eigenvalue weighted by molar-refractivity contribution is -0.127. The Balaban J connectivity index is 1.78. The number of hydrogen-bond donors (Lipinski definition) is 1. The van der Waals surface area contributed by atoms with Gasteiger partial charge in [-0.05, 0) is 30.9 Å². The van der Waals surface area contributed by atoms with E-state index in [9.17, 15) is 4.79 Å². The first-order chi connectivity index (χ1) is 8.27. The van der Waals surface area contributed by atoms with Crippen LogP contribution in [0.3, 0.4) is 0 Å². The van der Waals surface area contributed by atoms with Gasteiger partial charge in [0.25, 0.3) is 0 Å². The first-order valence-electron chi connectivity index (χ1n) is 6.15. The summed E-state index contributed by atoms with van der Waals surface area (Å²) in [5, 5.41) is 2.91. The van der Waals surface area contributed by atoms with Crippen LogP contribution in [0.25, 0.3) is 0 Å². The zero-order chi connectivity index (χ0) is 12.1. The summed E-state index contributed by atoms with van der Waals surface area (Å²) >= 11 is 0. The van der Waals surface area contributed by atoms with Gasteiger partial charge in [0.15, 0.2) is 0 Å². The van der Waals surface area contributed by atoms with E-state index in [1.807, 2.05) is 19.1 Å². The molecule has 0 aromatic carbocycles. The number of furan rings is 1. The van der Waals surface area contributed by atoms with Crippen LogP contribution in [0, 0.1) is 11.8 Å². The zero-order valence-electron chi connectivity index (χ0n) is 10.1. The van der Waals surface area contributed by atoms with Crippen molar-refractivity contribution in [2.24, 2.45) is 11.8 Å². The number of carbonyl (C=O) groups excluding carboxylic acids is 1. The Morgan fingerprint density at radius 2 is 2.29 bits per heavy atom. The molecule has 17 heavy (non-hydrogen) atoms. The summed E-state index contributed by atoms with van der Waals surface area (Å²) in [5.74, 6) is 1.39. The van der Waals surface area contributed by atoms with Crippen LogP contribution in [0.4, 0.5) is 0 Å². The van der Waals surface area contributed by atoms with Gasteiger partial charge >= 0.3 is 0 Å². The molecule has 94 valence electrons. The maximum absolute atomic E-state index is 11.9. The van der Waals surface area contributed by atoms with E-state index < -0.39 is 0 Å². The van der Waals surface area contributed by atoms with E-state index in [0.29, 0.717) is 12.5 Å². The average molecular weight is 237 g/mol. The molecule has 1 aromatic heterocycles. The summed E-state index contributed by atoms with van der Waals surface area (Å²) in [6, 6.07) is 3.68. The fourth-order valence-electron chi connectivity index (χ4n) is 2.18. The van der Waals surface area contributed by atoms with E-state index in [4.69, 9.17) is 9.15 Å². The summed E-state index contributed by atoms with van der Waals surface area (Å²) < 4.78 is 10.5. The van der Waals surface area contributed by atoms with Crippen molar-refractivity contribution >= 4 is 5.91 Å². The second-order valence-electron chi connectivity index (χ2n) is 4.54. The quantitative estimate of drug-likeness (QED) is 0.871. The molecular weight excluding hydrogens is 218 g/mol. The van der Waals surface area contributed by atoms with E-state index in [1.165, 1.54) is 0 Å². The van der Waals surface area contributed by atoms with Crippen molar-refractivity contribution < 1.29 is 13.9 Å². The van der Waals surface area contributed by atoms with E-state index in [-0.39, 0.29) is 11.8 Å². The van der Waals surface area contributed by atoms with E-state index in [2.05, 4.69) is 5.32 Å². The Kier molecular flexibility index (Phi) is 4.20. The molecule has 1 amide bonds. The third-order valence-corrected chi connectivity index (χ3v) is 3.40. The van der Waals surface area contributed by atoms with Gasteiger partial charge in [0.05, 0.1) is 12.8 Å². The van der Waals surface area contributed by atoms with Gasteiger partial charge in [-0.3, -0.25) is 4.79 Å². The maximum atomic E-state index is 11.9. The molecule has 0 bridgehead atoms. The molecule has 1 fully saturated rings. The molecule has 0 radical (unpaired) electrons. The minimum absolute atomic E-state index is 0.0499. The Morgan fingerprint density at radius 3 is 2.94 bits per heavy atom. The van der Waals surface area contributed by atoms with Crippen LogP contribution in [0.1, 0.15) is 25.5 Å². The molecule has 0 spiro atoms. The lowest BCUT2D eigenvalue weighted by atomic mass is 9.87. The highest BCUT2D eigenvalue weighted by Crippen LogP contribution is 2.23. The Hall–Kier alpha value is -1.29. The third-order valence-electron chi connectivity index (χ3n) is 3.40. The van der Waals surface area contributed by atoms with Crippen molar-refractivity contribution in [3.05, 3.63) is 24.2 Å². The summed E-state index contributed by atoms with van der Waals surface area (Å²) in [6.45, 7) is 4.02. The normalized spacial score (nSPS) is 18.9. The summed E-state index contributed by atoms with van der Waals surface area (Å²) in [6.07, 6.45) is 3.58. The van der Waals surface area contributed by atoms with Crippen LogP contribution in [-0.2, 0) is 16.1 Å². The molecule has 2 rings (SSSR count). The lowest BCUT2D eigenvalue weighted by Gasteiger charge is -2.26. The zero-order valence-corrected chi connectivity index (χ0v) is 10.1. The summed E-state index contributed by atoms with van der Waals surface area (Å²) in [4.78, 5) is 11.9. The minimum atomic E-state index is 0.0499. The highest BCUT2D eigenvalue weighted by molar-refractivity contribution is 5.78. The van der Waals surface area contributed by atoms with Gasteiger partial charge in [-0.1, -0.05) is 6.92 Å². The molecule has 1 saturated heterocycles. The van der Waals surface area contributed by atoms with Crippen molar-refractivity contribution in [1.29, 1.82) is 0 Å². The number of rotatable bonds is 4. The standard InChI is InChI=1S/C13H19NO3/c1-10(11-4-7-16-8-5-11)13(15)14-9-12-3-2-6-17-12/h2-3,6,10-11H,4-5,7-9H2,1H3,(H,14,15). The monoisotopic (exact) mass is 237 g/mol. The average Bonchev–Trinajstić information content (AvgIpc) is 2.89. The van der Waals surface area contributed by atoms with Gasteiger partial charge in [-0.2, -0.15) is 0 Å². The van der Waals surface area contributed by atoms with Crippen LogP contribution < -0.4 is 5.32 Å². The second-order valence-corrected chi connectivity index (χ2v) is 4.54. The first-order valence-corrected chi connectivity index (χ1v) is 6.15. The predicted octanol–water partition coefficient (Wildman–Crippen LogP) is 1.96.